The van der Waals surface area contributed by atoms with Crippen LogP contribution in [0.2, 0.25) is 0 Å². The van der Waals surface area contributed by atoms with E-state index in [9.17, 15) is 18.0 Å². The van der Waals surface area contributed by atoms with E-state index in [4.69, 9.17) is 4.52 Å². The van der Waals surface area contributed by atoms with Gasteiger partial charge in [0.05, 0.1) is 17.2 Å². The third kappa shape index (κ3) is 5.44. The lowest BCUT2D eigenvalue weighted by Crippen LogP contribution is -2.44. The zero-order valence-corrected chi connectivity index (χ0v) is 20.5. The van der Waals surface area contributed by atoms with E-state index in [0.717, 1.165) is 5.56 Å². The third-order valence-corrected chi connectivity index (χ3v) is 8.16. The summed E-state index contributed by atoms with van der Waals surface area (Å²) in [4.78, 5) is 26.0. The third-order valence-electron chi connectivity index (χ3n) is 6.05. The van der Waals surface area contributed by atoms with Crippen molar-refractivity contribution in [2.24, 2.45) is 5.92 Å². The van der Waals surface area contributed by atoms with E-state index in [1.165, 1.54) is 4.31 Å². The number of carbonyl (C=O) groups is 2. The topological polar surface area (TPSA) is 122 Å². The Hall–Kier alpha value is -3.50. The van der Waals surface area contributed by atoms with Crippen molar-refractivity contribution in [3.63, 3.8) is 0 Å². The number of piperidine rings is 1. The molecule has 0 bridgehead atoms. The Morgan fingerprint density at radius 1 is 1.09 bits per heavy atom. The number of anilines is 1. The van der Waals surface area contributed by atoms with Crippen molar-refractivity contribution in [2.75, 3.05) is 18.4 Å². The van der Waals surface area contributed by atoms with Gasteiger partial charge in [0.15, 0.2) is 5.76 Å². The molecule has 0 aliphatic carbocycles. The number of hydrogen-bond donors (Lipinski definition) is 2. The second-order valence-corrected chi connectivity index (χ2v) is 10.4. The smallest absolute Gasteiger partial charge is 0.253 e. The predicted octanol–water partition coefficient (Wildman–Crippen LogP) is 3.26. The van der Waals surface area contributed by atoms with E-state index < -0.39 is 15.9 Å². The molecule has 184 valence electrons. The Bertz CT molecular complexity index is 1300. The molecule has 2 amide bonds. The molecule has 0 saturated carbocycles. The molecular weight excluding hydrogens is 468 g/mol. The van der Waals surface area contributed by atoms with Gasteiger partial charge in [0, 0.05) is 19.6 Å². The molecule has 1 aliphatic heterocycles. The second kappa shape index (κ2) is 10.4. The highest BCUT2D eigenvalue weighted by molar-refractivity contribution is 7.89. The van der Waals surface area contributed by atoms with E-state index in [0.29, 0.717) is 42.9 Å². The van der Waals surface area contributed by atoms with Crippen LogP contribution in [0, 0.1) is 19.8 Å². The van der Waals surface area contributed by atoms with Crippen molar-refractivity contribution in [1.29, 1.82) is 0 Å². The zero-order chi connectivity index (χ0) is 25.0. The van der Waals surface area contributed by atoms with Gasteiger partial charge in [-0.3, -0.25) is 9.59 Å². The summed E-state index contributed by atoms with van der Waals surface area (Å²) >= 11 is 0. The molecule has 1 aliphatic rings. The van der Waals surface area contributed by atoms with Crippen LogP contribution < -0.4 is 10.6 Å². The van der Waals surface area contributed by atoms with E-state index >= 15 is 0 Å². The first-order chi connectivity index (χ1) is 16.8. The number of nitrogens with zero attached hydrogens (tertiary/aromatic N) is 2. The number of hydrogen-bond acceptors (Lipinski definition) is 6. The van der Waals surface area contributed by atoms with Crippen molar-refractivity contribution in [2.45, 2.75) is 38.1 Å². The Morgan fingerprint density at radius 2 is 1.80 bits per heavy atom. The fraction of sp³-hybridized carbons (Fsp3) is 0.320. The molecule has 1 atom stereocenters. The lowest BCUT2D eigenvalue weighted by atomic mass is 9.98. The molecule has 1 saturated heterocycles. The molecule has 1 fully saturated rings. The maximum absolute atomic E-state index is 13.2. The second-order valence-electron chi connectivity index (χ2n) is 8.56. The molecule has 2 heterocycles. The molecule has 1 aromatic heterocycles. The highest BCUT2D eigenvalue weighted by Crippen LogP contribution is 2.28. The molecule has 9 nitrogen and oxygen atoms in total. The quantitative estimate of drug-likeness (QED) is 0.518. The minimum absolute atomic E-state index is 0.0423. The SMILES string of the molecule is Cc1noc(C)c1S(=O)(=O)N1CCCC(C(=O)Nc2ccccc2C(=O)NCc2ccccc2)C1. The fourth-order valence-corrected chi connectivity index (χ4v) is 6.06. The minimum atomic E-state index is -3.84. The predicted molar refractivity (Wildman–Crippen MR) is 130 cm³/mol. The molecule has 4 rings (SSSR count). The fourth-order valence-electron chi connectivity index (χ4n) is 4.25. The Balaban J connectivity index is 1.45. The monoisotopic (exact) mass is 496 g/mol. The van der Waals surface area contributed by atoms with Crippen LogP contribution >= 0.6 is 0 Å². The van der Waals surface area contributed by atoms with Crippen molar-refractivity contribution >= 4 is 27.5 Å². The number of nitrogens with one attached hydrogen (secondary N) is 2. The molecule has 1 unspecified atom stereocenters. The number of sulfonamides is 1. The molecule has 0 spiro atoms. The number of carbonyl (C=O) groups excluding carboxylic acids is 2. The summed E-state index contributed by atoms with van der Waals surface area (Å²) in [5, 5.41) is 9.46. The van der Waals surface area contributed by atoms with Crippen LogP contribution in [0.4, 0.5) is 5.69 Å². The normalized spacial score (nSPS) is 16.6. The zero-order valence-electron chi connectivity index (χ0n) is 19.7. The lowest BCUT2D eigenvalue weighted by molar-refractivity contribution is -0.120. The minimum Gasteiger partial charge on any atom is -0.360 e. The Kier molecular flexibility index (Phi) is 7.32. The van der Waals surface area contributed by atoms with Crippen LogP contribution in [-0.4, -0.2) is 42.8 Å². The van der Waals surface area contributed by atoms with E-state index in [-0.39, 0.29) is 29.0 Å². The summed E-state index contributed by atoms with van der Waals surface area (Å²) < 4.78 is 32.7. The van der Waals surface area contributed by atoms with Gasteiger partial charge in [-0.25, -0.2) is 8.42 Å². The van der Waals surface area contributed by atoms with Crippen molar-refractivity contribution in [1.82, 2.24) is 14.8 Å². The van der Waals surface area contributed by atoms with Gasteiger partial charge >= 0.3 is 0 Å². The lowest BCUT2D eigenvalue weighted by Gasteiger charge is -2.31. The van der Waals surface area contributed by atoms with E-state index in [1.807, 2.05) is 30.3 Å². The largest absolute Gasteiger partial charge is 0.360 e. The van der Waals surface area contributed by atoms with Crippen molar-refractivity contribution in [3.8, 4) is 0 Å². The van der Waals surface area contributed by atoms with E-state index in [2.05, 4.69) is 15.8 Å². The van der Waals surface area contributed by atoms with Gasteiger partial charge in [-0.1, -0.05) is 47.6 Å². The number of amides is 2. The summed E-state index contributed by atoms with van der Waals surface area (Å²) in [7, 11) is -3.84. The van der Waals surface area contributed by atoms with Gasteiger partial charge < -0.3 is 15.2 Å². The summed E-state index contributed by atoms with van der Waals surface area (Å²) in [6, 6.07) is 16.3. The van der Waals surface area contributed by atoms with E-state index in [1.54, 1.807) is 38.1 Å². The van der Waals surface area contributed by atoms with Crippen LogP contribution in [0.15, 0.2) is 64.0 Å². The average molecular weight is 497 g/mol. The highest BCUT2D eigenvalue weighted by atomic mass is 32.2. The molecule has 3 aromatic rings. The summed E-state index contributed by atoms with van der Waals surface area (Å²) in [5.74, 6) is -0.966. The van der Waals surface area contributed by atoms with Gasteiger partial charge in [-0.2, -0.15) is 4.31 Å². The molecule has 0 radical (unpaired) electrons. The van der Waals surface area contributed by atoms with Crippen molar-refractivity contribution in [3.05, 3.63) is 77.2 Å². The summed E-state index contributed by atoms with van der Waals surface area (Å²) in [6.45, 7) is 3.85. The van der Waals surface area contributed by atoms with Crippen LogP contribution in [0.5, 0.6) is 0 Å². The van der Waals surface area contributed by atoms with Crippen LogP contribution in [0.25, 0.3) is 0 Å². The van der Waals surface area contributed by atoms with Crippen LogP contribution in [0.3, 0.4) is 0 Å². The Morgan fingerprint density at radius 3 is 2.51 bits per heavy atom. The first-order valence-corrected chi connectivity index (χ1v) is 12.9. The maximum atomic E-state index is 13.2. The molecule has 2 aromatic carbocycles. The summed E-state index contributed by atoms with van der Waals surface area (Å²) in [5.41, 5.74) is 1.98. The van der Waals surface area contributed by atoms with Gasteiger partial charge in [0.2, 0.25) is 15.9 Å². The maximum Gasteiger partial charge on any atom is 0.253 e. The van der Waals surface area contributed by atoms with Gasteiger partial charge in [-0.15, -0.1) is 0 Å². The highest BCUT2D eigenvalue weighted by Gasteiger charge is 2.36. The van der Waals surface area contributed by atoms with Gasteiger partial charge in [-0.05, 0) is 44.4 Å². The van der Waals surface area contributed by atoms with Crippen LogP contribution in [0.1, 0.15) is 40.2 Å². The molecule has 10 heteroatoms. The summed E-state index contributed by atoms with van der Waals surface area (Å²) in [6.07, 6.45) is 1.09. The first kappa shape index (κ1) is 24.6. The first-order valence-electron chi connectivity index (χ1n) is 11.4. The number of para-hydroxylation sites is 1. The Labute approximate surface area is 204 Å². The molecular formula is C25H28N4O5S. The standard InChI is InChI=1S/C25H28N4O5S/c1-17-23(18(2)34-28-17)35(32,33)29-14-8-11-20(16-29)24(30)27-22-13-7-6-12-21(22)25(31)26-15-19-9-4-3-5-10-19/h3-7,9-10,12-13,20H,8,11,14-16H2,1-2H3,(H,26,31)(H,27,30). The number of benzene rings is 2. The van der Waals surface area contributed by atoms with Gasteiger partial charge in [0.25, 0.3) is 5.91 Å². The molecule has 35 heavy (non-hydrogen) atoms. The van der Waals surface area contributed by atoms with Crippen LogP contribution in [-0.2, 0) is 21.4 Å². The number of aryl methyl sites for hydroxylation is 2. The number of aromatic nitrogens is 1. The number of rotatable bonds is 7. The van der Waals surface area contributed by atoms with Crippen molar-refractivity contribution < 1.29 is 22.5 Å². The average Bonchev–Trinajstić information content (AvgIpc) is 3.22. The molecule has 2 N–H and O–H groups in total. The van der Waals surface area contributed by atoms with Gasteiger partial charge in [0.1, 0.15) is 10.6 Å².